The van der Waals surface area contributed by atoms with E-state index in [4.69, 9.17) is 66.3 Å². The predicted molar refractivity (Wildman–Crippen MR) is 332 cm³/mol. The monoisotopic (exact) mass is 1460 g/mol. The Balaban J connectivity index is 0.771. The molecule has 11 fully saturated rings. The van der Waals surface area contributed by atoms with Crippen LogP contribution in [0.2, 0.25) is 0 Å². The van der Waals surface area contributed by atoms with Gasteiger partial charge in [0.15, 0.2) is 43.8 Å². The van der Waals surface area contributed by atoms with Gasteiger partial charge in [-0.05, 0) is 104 Å². The smallest absolute Gasteiger partial charge is 0.315 e. The van der Waals surface area contributed by atoms with Crippen LogP contribution in [0.5, 0.6) is 0 Å². The van der Waals surface area contributed by atoms with Crippen LogP contribution < -0.4 is 0 Å². The van der Waals surface area contributed by atoms with Crippen molar-refractivity contribution in [1.29, 1.82) is 0 Å². The summed E-state index contributed by atoms with van der Waals surface area (Å²) in [6.45, 7) is 9.39. The van der Waals surface area contributed by atoms with Crippen molar-refractivity contribution < 1.29 is 168 Å². The number of allylic oxidation sites excluding steroid dienone is 2. The van der Waals surface area contributed by atoms with Crippen molar-refractivity contribution in [2.24, 2.45) is 50.2 Å². The maximum Gasteiger partial charge on any atom is 0.315 e. The number of aliphatic hydroxyl groups is 19. The molecule has 0 spiro atoms. The number of hydrogen-bond acceptors (Lipinski definition) is 34. The minimum absolute atomic E-state index is 0.119. The second kappa shape index (κ2) is 29.4. The first-order valence-corrected chi connectivity index (χ1v) is 35.5. The summed E-state index contributed by atoms with van der Waals surface area (Å²) < 4.78 is 83.5. The number of carbonyl (C=O) groups excluding carboxylic acids is 1. The molecule has 12 aliphatic rings. The molecule has 0 amide bonds. The van der Waals surface area contributed by atoms with Crippen LogP contribution in [0.15, 0.2) is 11.6 Å². The van der Waals surface area contributed by atoms with E-state index < -0.39 is 282 Å². The lowest BCUT2D eigenvalue weighted by molar-refractivity contribution is -0.390. The molecule has 7 heterocycles. The highest BCUT2D eigenvalue weighted by atomic mass is 16.8. The van der Waals surface area contributed by atoms with E-state index in [-0.39, 0.29) is 23.7 Å². The van der Waals surface area contributed by atoms with E-state index in [0.29, 0.717) is 51.4 Å². The maximum atomic E-state index is 15.7. The topological polar surface area (TPSA) is 531 Å². The minimum atomic E-state index is -2.13. The molecule has 12 rings (SSSR count). The standard InChI is InChI=1S/C67H108O34/c1-26-46(95-55-43(82)47(33(75)22-90-55)96-59-51(85)67(87,24-70)25-92-59)49(98-54-42(81)38(77)31(73)20-89-54)45(84)56(93-26)99-50-39(78)32(74)21-91-58(50)101-60(86)66-14-12-61(2,3)16-28(66)27-8-9-36-62(4)17-29(71)52(63(5,23-69)35(62)10-11-65(36,7)64(27,6)13-15-66)100-57-44(83)48(40(79)34(18-68)94-57)97-53-41(80)37(76)30(72)19-88-53/h8,26,28-59,68-85,87H,9-25H2,1-7H3/t26-,28-,29-,30+,31-,32-,33+,34+,35+,36+,37-,38-,39-,40+,41+,42+,43+,44+,45+,46-,47-,48-,49-,50+,51-,52-,53-,54-,55-,56-,57-,58-,59-,62-,63-,64+,65+,66-,67+/m0/s1. The zero-order chi connectivity index (χ0) is 73.3. The van der Waals surface area contributed by atoms with Gasteiger partial charge in [-0.25, -0.2) is 0 Å². The van der Waals surface area contributed by atoms with Crippen LogP contribution in [0.25, 0.3) is 0 Å². The molecule has 580 valence electrons. The van der Waals surface area contributed by atoms with Crippen molar-refractivity contribution in [3.63, 3.8) is 0 Å². The summed E-state index contributed by atoms with van der Waals surface area (Å²) in [6.07, 6.45) is -43.9. The molecule has 0 aromatic rings. The second-order valence-electron chi connectivity index (χ2n) is 32.6. The summed E-state index contributed by atoms with van der Waals surface area (Å²) in [4.78, 5) is 15.7. The number of hydrogen-bond donors (Lipinski definition) is 19. The van der Waals surface area contributed by atoms with Crippen molar-refractivity contribution in [2.45, 2.75) is 296 Å². The van der Waals surface area contributed by atoms with Gasteiger partial charge in [0.2, 0.25) is 6.29 Å². The number of rotatable bonds is 17. The van der Waals surface area contributed by atoms with Crippen LogP contribution in [-0.4, -0.2) is 346 Å². The first-order chi connectivity index (χ1) is 47.5. The molecule has 19 N–H and O–H groups in total. The molecule has 7 aliphatic heterocycles. The molecule has 34 heteroatoms. The normalized spacial score (nSPS) is 55.3. The third-order valence-electron chi connectivity index (χ3n) is 26.0. The van der Waals surface area contributed by atoms with Gasteiger partial charge in [0.25, 0.3) is 0 Å². The van der Waals surface area contributed by atoms with Crippen LogP contribution in [0, 0.1) is 50.2 Å². The molecule has 39 atom stereocenters. The largest absolute Gasteiger partial charge is 0.432 e. The molecule has 0 aromatic heterocycles. The van der Waals surface area contributed by atoms with E-state index in [0.717, 1.165) is 5.57 Å². The summed E-state index contributed by atoms with van der Waals surface area (Å²) in [7, 11) is 0. The highest BCUT2D eigenvalue weighted by Crippen LogP contribution is 2.76. The van der Waals surface area contributed by atoms with Gasteiger partial charge in [0, 0.05) is 5.41 Å². The van der Waals surface area contributed by atoms with Gasteiger partial charge < -0.3 is 163 Å². The molecular weight excluding hydrogens is 1350 g/mol. The summed E-state index contributed by atoms with van der Waals surface area (Å²) >= 11 is 0. The predicted octanol–water partition coefficient (Wildman–Crippen LogP) is -6.39. The lowest BCUT2D eigenvalue weighted by Crippen LogP contribution is -2.70. The Morgan fingerprint density at radius 3 is 1.64 bits per heavy atom. The summed E-state index contributed by atoms with van der Waals surface area (Å²) in [5.41, 5.74) is -5.42. The van der Waals surface area contributed by atoms with Crippen LogP contribution in [0.1, 0.15) is 106 Å². The molecule has 7 saturated heterocycles. The third kappa shape index (κ3) is 13.5. The van der Waals surface area contributed by atoms with Gasteiger partial charge in [-0.15, -0.1) is 0 Å². The van der Waals surface area contributed by atoms with E-state index in [2.05, 4.69) is 40.7 Å². The lowest BCUT2D eigenvalue weighted by atomic mass is 9.33. The SMILES string of the molecule is C[C@@H]1O[C@@H](O[C@H]2[C@H](OC(=O)[C@]34CCC(C)(C)C[C@H]3C3=CC[C@@H]5[C@@]6(C)C[C@H](O)[C@H](O[C@@H]7O[C@H](CO)[C@@H](O)[C@H](O[C@@H]8OC[C@@H](O)[C@H](O)[C@H]8O)[C@H]7O)[C@@](C)(CO)[C@@H]6CC[C@@]5(C)[C@]3(C)CC4)OC[C@H](O)[C@@H]2O)[C@H](O)[C@H](O[C@@H]2OC[C@H](O)[C@H](O)[C@H]2O)[C@H]1O[C@@H]1OC[C@@H](O)[C@H](O[C@@H]2OC[C@](O)(CO)[C@H]2O)[C@H]1O. The average Bonchev–Trinajstić information content (AvgIpc) is 0.946. The average molecular weight is 1460 g/mol. The Labute approximate surface area is 583 Å². The van der Waals surface area contributed by atoms with Crippen LogP contribution in [-0.2, 0) is 71.1 Å². The Morgan fingerprint density at radius 1 is 0.495 bits per heavy atom. The Morgan fingerprint density at radius 2 is 1.03 bits per heavy atom. The van der Waals surface area contributed by atoms with E-state index in [9.17, 15) is 97.0 Å². The third-order valence-corrected chi connectivity index (χ3v) is 26.0. The number of ether oxygens (including phenoxy) is 14. The molecule has 5 aliphatic carbocycles. The summed E-state index contributed by atoms with van der Waals surface area (Å²) in [6, 6.07) is 0. The molecule has 34 nitrogen and oxygen atoms in total. The molecule has 0 aromatic carbocycles. The summed E-state index contributed by atoms with van der Waals surface area (Å²) in [5, 5.41) is 210. The van der Waals surface area contributed by atoms with Gasteiger partial charge >= 0.3 is 5.97 Å². The van der Waals surface area contributed by atoms with Gasteiger partial charge in [-0.3, -0.25) is 4.79 Å². The van der Waals surface area contributed by atoms with Crippen molar-refractivity contribution in [1.82, 2.24) is 0 Å². The van der Waals surface area contributed by atoms with Gasteiger partial charge in [-0.2, -0.15) is 0 Å². The van der Waals surface area contributed by atoms with Crippen molar-refractivity contribution in [2.75, 3.05) is 52.9 Å². The molecule has 0 unspecified atom stereocenters. The zero-order valence-corrected chi connectivity index (χ0v) is 57.8. The fraction of sp³-hybridized carbons (Fsp3) is 0.955. The molecule has 0 radical (unpaired) electrons. The Bertz CT molecular complexity index is 2880. The number of fused-ring (bicyclic) bond motifs is 7. The van der Waals surface area contributed by atoms with E-state index >= 15 is 4.79 Å². The minimum Gasteiger partial charge on any atom is -0.432 e. The first-order valence-electron chi connectivity index (χ1n) is 35.5. The van der Waals surface area contributed by atoms with Gasteiger partial charge in [0.05, 0.1) is 76.6 Å². The summed E-state index contributed by atoms with van der Waals surface area (Å²) in [5.74, 6) is -1.50. The molecule has 101 heavy (non-hydrogen) atoms. The molecule has 4 saturated carbocycles. The number of carbonyl (C=O) groups is 1. The highest BCUT2D eigenvalue weighted by Gasteiger charge is 2.72. The number of esters is 1. The van der Waals surface area contributed by atoms with Crippen LogP contribution >= 0.6 is 0 Å². The Kier molecular flexibility index (Phi) is 22.8. The van der Waals surface area contributed by atoms with E-state index in [1.807, 2.05) is 6.92 Å². The van der Waals surface area contributed by atoms with E-state index in [1.54, 1.807) is 0 Å². The first kappa shape index (κ1) is 78.5. The quantitative estimate of drug-likeness (QED) is 0.0366. The van der Waals surface area contributed by atoms with Crippen LogP contribution in [0.4, 0.5) is 0 Å². The van der Waals surface area contributed by atoms with Crippen molar-refractivity contribution in [3.8, 4) is 0 Å². The fourth-order valence-electron chi connectivity index (χ4n) is 19.7. The van der Waals surface area contributed by atoms with Gasteiger partial charge in [0.1, 0.15) is 122 Å². The van der Waals surface area contributed by atoms with Gasteiger partial charge in [-0.1, -0.05) is 53.2 Å². The van der Waals surface area contributed by atoms with Crippen molar-refractivity contribution >= 4 is 5.97 Å². The van der Waals surface area contributed by atoms with Crippen molar-refractivity contribution in [3.05, 3.63) is 11.6 Å². The Hall–Kier alpha value is -2.07. The molecular formula is C67H108O34. The lowest BCUT2D eigenvalue weighted by Gasteiger charge is -2.72. The highest BCUT2D eigenvalue weighted by molar-refractivity contribution is 5.79. The van der Waals surface area contributed by atoms with Crippen LogP contribution in [0.3, 0.4) is 0 Å². The maximum absolute atomic E-state index is 15.7. The zero-order valence-electron chi connectivity index (χ0n) is 57.8. The second-order valence-corrected chi connectivity index (χ2v) is 32.6. The fourth-order valence-corrected chi connectivity index (χ4v) is 19.7. The van der Waals surface area contributed by atoms with E-state index in [1.165, 1.54) is 6.92 Å². The molecule has 0 bridgehead atoms. The number of aliphatic hydroxyl groups excluding tert-OH is 18.